The molecule has 0 amide bonds. The van der Waals surface area contributed by atoms with Gasteiger partial charge in [0.2, 0.25) is 5.95 Å². The minimum absolute atomic E-state index is 0.0626. The molecule has 0 spiro atoms. The Labute approximate surface area is 157 Å². The summed E-state index contributed by atoms with van der Waals surface area (Å²) in [6.07, 6.45) is -0.269. The zero-order valence-electron chi connectivity index (χ0n) is 15.4. The van der Waals surface area contributed by atoms with Gasteiger partial charge in [-0.1, -0.05) is 0 Å². The maximum Gasteiger partial charge on any atom is 0.433 e. The maximum atomic E-state index is 13.2. The topological polar surface area (TPSA) is 89.0 Å². The molecule has 4 N–H and O–H groups in total. The number of halogens is 3. The SMILES string of the molecule is CNCCNCCCN/C=C(\C=N)c1cc(C(F)(F)F)nc(N2CCC2)n1. The molecule has 1 aromatic heterocycles. The second kappa shape index (κ2) is 10.2. The predicted molar refractivity (Wildman–Crippen MR) is 100 cm³/mol. The van der Waals surface area contributed by atoms with Gasteiger partial charge in [-0.2, -0.15) is 13.2 Å². The molecule has 0 atom stereocenters. The van der Waals surface area contributed by atoms with Crippen LogP contribution >= 0.6 is 0 Å². The highest BCUT2D eigenvalue weighted by Crippen LogP contribution is 2.31. The molecule has 10 heteroatoms. The Morgan fingerprint density at radius 2 is 2.00 bits per heavy atom. The van der Waals surface area contributed by atoms with E-state index in [1.807, 2.05) is 7.05 Å². The minimum atomic E-state index is -4.56. The molecule has 1 aromatic rings. The lowest BCUT2D eigenvalue weighted by atomic mass is 10.1. The molecule has 1 fully saturated rings. The average Bonchev–Trinajstić information content (AvgIpc) is 2.58. The van der Waals surface area contributed by atoms with E-state index in [0.717, 1.165) is 44.8 Å². The van der Waals surface area contributed by atoms with Crippen molar-refractivity contribution >= 4 is 17.7 Å². The fraction of sp³-hybridized carbons (Fsp3) is 0.588. The molecule has 2 rings (SSSR count). The van der Waals surface area contributed by atoms with E-state index in [1.54, 1.807) is 4.90 Å². The van der Waals surface area contributed by atoms with Gasteiger partial charge in [-0.25, -0.2) is 9.97 Å². The smallest absolute Gasteiger partial charge is 0.390 e. The highest BCUT2D eigenvalue weighted by molar-refractivity contribution is 6.07. The third-order valence-electron chi connectivity index (χ3n) is 4.08. The fourth-order valence-corrected chi connectivity index (χ4v) is 2.41. The van der Waals surface area contributed by atoms with Gasteiger partial charge in [-0.3, -0.25) is 0 Å². The molecule has 150 valence electrons. The summed E-state index contributed by atoms with van der Waals surface area (Å²) >= 11 is 0. The van der Waals surface area contributed by atoms with Gasteiger partial charge in [0.25, 0.3) is 0 Å². The van der Waals surface area contributed by atoms with E-state index in [9.17, 15) is 13.2 Å². The zero-order valence-corrected chi connectivity index (χ0v) is 15.4. The van der Waals surface area contributed by atoms with Crippen LogP contribution in [0.2, 0.25) is 0 Å². The van der Waals surface area contributed by atoms with Crippen LogP contribution in [0.25, 0.3) is 5.57 Å². The molecule has 0 bridgehead atoms. The van der Waals surface area contributed by atoms with Crippen molar-refractivity contribution in [3.63, 3.8) is 0 Å². The van der Waals surface area contributed by atoms with Crippen LogP contribution in [0, 0.1) is 5.41 Å². The zero-order chi connectivity index (χ0) is 19.7. The molecule has 0 aliphatic carbocycles. The maximum absolute atomic E-state index is 13.2. The Hall–Kier alpha value is -2.20. The summed E-state index contributed by atoms with van der Waals surface area (Å²) < 4.78 is 39.5. The standard InChI is InChI=1S/C17H26F3N7/c1-22-6-7-23-4-2-5-24-12-13(11-21)14-10-15(17(18,19)20)26-16(25-14)27-8-3-9-27/h10-12,21-24H,2-9H2,1H3/b13-12+,21-11?. The van der Waals surface area contributed by atoms with Crippen LogP contribution < -0.4 is 20.9 Å². The second-order valence-electron chi connectivity index (χ2n) is 6.18. The van der Waals surface area contributed by atoms with Crippen LogP contribution in [0.1, 0.15) is 24.2 Å². The van der Waals surface area contributed by atoms with Gasteiger partial charge < -0.3 is 26.3 Å². The monoisotopic (exact) mass is 385 g/mol. The minimum Gasteiger partial charge on any atom is -0.390 e. The van der Waals surface area contributed by atoms with Gasteiger partial charge in [-0.05, 0) is 32.5 Å². The van der Waals surface area contributed by atoms with Crippen molar-refractivity contribution in [2.24, 2.45) is 0 Å². The molecule has 1 aliphatic rings. The molecule has 1 saturated heterocycles. The first-order chi connectivity index (χ1) is 13.0. The molecule has 2 heterocycles. The molecule has 0 radical (unpaired) electrons. The van der Waals surface area contributed by atoms with Gasteiger partial charge >= 0.3 is 6.18 Å². The van der Waals surface area contributed by atoms with E-state index in [2.05, 4.69) is 25.9 Å². The van der Waals surface area contributed by atoms with Gasteiger partial charge in [0.15, 0.2) is 5.69 Å². The quantitative estimate of drug-likeness (QED) is 0.341. The summed E-state index contributed by atoms with van der Waals surface area (Å²) in [6.45, 7) is 4.51. The summed E-state index contributed by atoms with van der Waals surface area (Å²) in [4.78, 5) is 9.57. The van der Waals surface area contributed by atoms with Gasteiger partial charge in [0, 0.05) is 50.7 Å². The van der Waals surface area contributed by atoms with Crippen LogP contribution in [0.15, 0.2) is 12.3 Å². The molecule has 0 unspecified atom stereocenters. The summed E-state index contributed by atoms with van der Waals surface area (Å²) in [6, 6.07) is 0.890. The first-order valence-electron chi connectivity index (χ1n) is 8.96. The molecular weight excluding hydrogens is 359 g/mol. The predicted octanol–water partition coefficient (Wildman–Crippen LogP) is 1.48. The van der Waals surface area contributed by atoms with E-state index in [4.69, 9.17) is 5.41 Å². The first-order valence-corrected chi connectivity index (χ1v) is 8.96. The average molecular weight is 385 g/mol. The number of anilines is 1. The summed E-state index contributed by atoms with van der Waals surface area (Å²) in [5.74, 6) is 0.0626. The third kappa shape index (κ3) is 6.47. The van der Waals surface area contributed by atoms with E-state index < -0.39 is 11.9 Å². The van der Waals surface area contributed by atoms with E-state index in [0.29, 0.717) is 19.6 Å². The molecule has 0 aromatic carbocycles. The Kier molecular flexibility index (Phi) is 7.99. The molecule has 1 aliphatic heterocycles. The Morgan fingerprint density at radius 1 is 1.22 bits per heavy atom. The number of likely N-dealkylation sites (N-methyl/N-ethyl adjacent to an activating group) is 1. The molecule has 7 nitrogen and oxygen atoms in total. The van der Waals surface area contributed by atoms with Crippen LogP contribution in [0.4, 0.5) is 19.1 Å². The van der Waals surface area contributed by atoms with Crippen molar-refractivity contribution in [1.82, 2.24) is 25.9 Å². The van der Waals surface area contributed by atoms with E-state index >= 15 is 0 Å². The van der Waals surface area contributed by atoms with Crippen molar-refractivity contribution in [1.29, 1.82) is 5.41 Å². The summed E-state index contributed by atoms with van der Waals surface area (Å²) in [5, 5.41) is 16.9. The Morgan fingerprint density at radius 3 is 2.59 bits per heavy atom. The van der Waals surface area contributed by atoms with Crippen molar-refractivity contribution in [3.8, 4) is 0 Å². The third-order valence-corrected chi connectivity index (χ3v) is 4.08. The van der Waals surface area contributed by atoms with Crippen LogP contribution in [-0.2, 0) is 6.18 Å². The number of nitrogens with one attached hydrogen (secondary N) is 4. The normalized spacial score (nSPS) is 14.8. The highest BCUT2D eigenvalue weighted by atomic mass is 19.4. The largest absolute Gasteiger partial charge is 0.433 e. The molecular formula is C17H26F3N7. The lowest BCUT2D eigenvalue weighted by Gasteiger charge is -2.31. The number of alkyl halides is 3. The Balaban J connectivity index is 2.03. The van der Waals surface area contributed by atoms with Crippen molar-refractivity contribution < 1.29 is 13.2 Å². The fourth-order valence-electron chi connectivity index (χ4n) is 2.41. The molecule has 27 heavy (non-hydrogen) atoms. The number of nitrogens with zero attached hydrogens (tertiary/aromatic N) is 3. The van der Waals surface area contributed by atoms with Crippen molar-refractivity contribution in [2.45, 2.75) is 19.0 Å². The Bertz CT molecular complexity index is 642. The summed E-state index contributed by atoms with van der Waals surface area (Å²) in [7, 11) is 1.89. The van der Waals surface area contributed by atoms with Crippen molar-refractivity contribution in [2.75, 3.05) is 51.2 Å². The number of aromatic nitrogens is 2. The van der Waals surface area contributed by atoms with Crippen molar-refractivity contribution in [3.05, 3.63) is 23.7 Å². The van der Waals surface area contributed by atoms with Crippen LogP contribution in [0.3, 0.4) is 0 Å². The number of hydrogen-bond acceptors (Lipinski definition) is 7. The number of hydrogen-bond donors (Lipinski definition) is 4. The van der Waals surface area contributed by atoms with E-state index in [1.165, 1.54) is 6.20 Å². The van der Waals surface area contributed by atoms with E-state index in [-0.39, 0.29) is 17.2 Å². The highest BCUT2D eigenvalue weighted by Gasteiger charge is 2.35. The van der Waals surface area contributed by atoms with Gasteiger partial charge in [-0.15, -0.1) is 0 Å². The lowest BCUT2D eigenvalue weighted by molar-refractivity contribution is -0.141. The summed E-state index contributed by atoms with van der Waals surface area (Å²) in [5.41, 5.74) is -0.613. The van der Waals surface area contributed by atoms with Gasteiger partial charge in [0.1, 0.15) is 0 Å². The van der Waals surface area contributed by atoms with Gasteiger partial charge in [0.05, 0.1) is 5.69 Å². The molecule has 0 saturated carbocycles. The van der Waals surface area contributed by atoms with Crippen LogP contribution in [-0.4, -0.2) is 62.5 Å². The first kappa shape index (κ1) is 21.1. The number of allylic oxidation sites excluding steroid dienone is 1. The lowest BCUT2D eigenvalue weighted by Crippen LogP contribution is -2.38. The van der Waals surface area contributed by atoms with Crippen LogP contribution in [0.5, 0.6) is 0 Å². The second-order valence-corrected chi connectivity index (χ2v) is 6.18. The number of rotatable bonds is 11.